The van der Waals surface area contributed by atoms with Crippen LogP contribution in [0.1, 0.15) is 49.9 Å². The maximum absolute atomic E-state index is 4.96. The number of nitrogens with zero attached hydrogens (tertiary/aromatic N) is 5. The first-order valence-electron chi connectivity index (χ1n) is 15.6. The van der Waals surface area contributed by atoms with Gasteiger partial charge in [0.2, 0.25) is 0 Å². The quantitative estimate of drug-likeness (QED) is 0.202. The first kappa shape index (κ1) is 27.3. The molecule has 5 heteroatoms. The van der Waals surface area contributed by atoms with Crippen molar-refractivity contribution in [2.24, 2.45) is 11.8 Å². The van der Waals surface area contributed by atoms with Crippen LogP contribution in [0.5, 0.6) is 0 Å². The molecule has 0 spiro atoms. The molecule has 0 saturated heterocycles. The molecule has 45 heavy (non-hydrogen) atoms. The summed E-state index contributed by atoms with van der Waals surface area (Å²) in [5, 5.41) is 0. The molecule has 0 amide bonds. The summed E-state index contributed by atoms with van der Waals surface area (Å²) >= 11 is 0. The highest BCUT2D eigenvalue weighted by atomic mass is 15.1. The predicted molar refractivity (Wildman–Crippen MR) is 181 cm³/mol. The smallest absolute Gasteiger partial charge is 0.182 e. The van der Waals surface area contributed by atoms with Crippen molar-refractivity contribution in [1.29, 1.82) is 0 Å². The number of aromatic nitrogens is 5. The Balaban J connectivity index is 1.39. The van der Waals surface area contributed by atoms with Gasteiger partial charge < -0.3 is 0 Å². The summed E-state index contributed by atoms with van der Waals surface area (Å²) in [6, 6.07) is 31.6. The zero-order chi connectivity index (χ0) is 30.9. The SMILES string of the molecule is C=C1c2ccccc2-c2c1ccc1c2C(C(C)C)(C(C)C)c2ccc(-c3nc(-c4ccccn4)nc(-c4ccccn4)n3)cc2-1. The van der Waals surface area contributed by atoms with Gasteiger partial charge in [0.15, 0.2) is 17.5 Å². The number of hydrogen-bond donors (Lipinski definition) is 0. The van der Waals surface area contributed by atoms with E-state index in [9.17, 15) is 0 Å². The van der Waals surface area contributed by atoms with Gasteiger partial charge in [0.05, 0.1) is 0 Å². The highest BCUT2D eigenvalue weighted by molar-refractivity contribution is 6.05. The molecular weight excluding hydrogens is 550 g/mol. The minimum absolute atomic E-state index is 0.177. The van der Waals surface area contributed by atoms with Gasteiger partial charge in [-0.25, -0.2) is 15.0 Å². The van der Waals surface area contributed by atoms with Gasteiger partial charge in [-0.1, -0.05) is 94.9 Å². The Labute approximate surface area is 263 Å². The number of fused-ring (bicyclic) bond motifs is 7. The van der Waals surface area contributed by atoms with Gasteiger partial charge in [-0.15, -0.1) is 0 Å². The van der Waals surface area contributed by atoms with E-state index in [1.54, 1.807) is 12.4 Å². The Morgan fingerprint density at radius 2 is 1.13 bits per heavy atom. The Bertz CT molecular complexity index is 2070. The van der Waals surface area contributed by atoms with E-state index in [4.69, 9.17) is 15.0 Å². The molecule has 0 aliphatic heterocycles. The Hall–Kier alpha value is -5.29. The van der Waals surface area contributed by atoms with E-state index in [0.717, 1.165) is 11.1 Å². The summed E-state index contributed by atoms with van der Waals surface area (Å²) in [5.41, 5.74) is 13.6. The average molecular weight is 584 g/mol. The van der Waals surface area contributed by atoms with Crippen molar-refractivity contribution in [3.63, 3.8) is 0 Å². The molecule has 0 N–H and O–H groups in total. The topological polar surface area (TPSA) is 64.5 Å². The molecule has 3 aromatic heterocycles. The van der Waals surface area contributed by atoms with E-state index in [-0.39, 0.29) is 5.41 Å². The third-order valence-electron chi connectivity index (χ3n) is 9.72. The van der Waals surface area contributed by atoms with Crippen LogP contribution in [0.2, 0.25) is 0 Å². The van der Waals surface area contributed by atoms with E-state index < -0.39 is 0 Å². The van der Waals surface area contributed by atoms with Crippen LogP contribution in [0.15, 0.2) is 110 Å². The second-order valence-corrected chi connectivity index (χ2v) is 12.6. The van der Waals surface area contributed by atoms with Crippen molar-refractivity contribution in [2.45, 2.75) is 33.1 Å². The van der Waals surface area contributed by atoms with Gasteiger partial charge in [0.1, 0.15) is 11.4 Å². The van der Waals surface area contributed by atoms with Crippen LogP contribution >= 0.6 is 0 Å². The first-order chi connectivity index (χ1) is 21.9. The van der Waals surface area contributed by atoms with Crippen LogP contribution < -0.4 is 0 Å². The second kappa shape index (κ2) is 10.1. The molecule has 0 fully saturated rings. The Morgan fingerprint density at radius 1 is 0.556 bits per heavy atom. The molecule has 0 unspecified atom stereocenters. The largest absolute Gasteiger partial charge is 0.253 e. The molecule has 218 valence electrons. The van der Waals surface area contributed by atoms with Crippen molar-refractivity contribution >= 4 is 5.57 Å². The lowest BCUT2D eigenvalue weighted by atomic mass is 9.61. The van der Waals surface area contributed by atoms with Gasteiger partial charge in [-0.2, -0.15) is 0 Å². The van der Waals surface area contributed by atoms with Crippen LogP contribution in [0, 0.1) is 11.8 Å². The monoisotopic (exact) mass is 583 g/mol. The summed E-state index contributed by atoms with van der Waals surface area (Å²) in [6.07, 6.45) is 3.52. The fourth-order valence-corrected chi connectivity index (χ4v) is 7.89. The van der Waals surface area contributed by atoms with Crippen molar-refractivity contribution < 1.29 is 0 Å². The maximum atomic E-state index is 4.96. The Kier molecular flexibility index (Phi) is 6.14. The van der Waals surface area contributed by atoms with E-state index in [2.05, 4.69) is 98.8 Å². The molecule has 0 radical (unpaired) electrons. The summed E-state index contributed by atoms with van der Waals surface area (Å²) in [6.45, 7) is 14.0. The molecule has 3 aromatic carbocycles. The third-order valence-corrected chi connectivity index (χ3v) is 9.72. The summed E-state index contributed by atoms with van der Waals surface area (Å²) < 4.78 is 0. The van der Waals surface area contributed by atoms with Crippen LogP contribution in [-0.4, -0.2) is 24.9 Å². The molecule has 5 nitrogen and oxygen atoms in total. The molecular formula is C40H33N5. The molecule has 8 rings (SSSR count). The van der Waals surface area contributed by atoms with Crippen LogP contribution in [-0.2, 0) is 5.41 Å². The minimum Gasteiger partial charge on any atom is -0.253 e. The second-order valence-electron chi connectivity index (χ2n) is 12.6. The zero-order valence-electron chi connectivity index (χ0n) is 25.9. The third kappa shape index (κ3) is 3.90. The lowest BCUT2D eigenvalue weighted by molar-refractivity contribution is 0.281. The van der Waals surface area contributed by atoms with E-state index >= 15 is 0 Å². The van der Waals surface area contributed by atoms with E-state index in [1.807, 2.05) is 36.4 Å². The fourth-order valence-electron chi connectivity index (χ4n) is 7.89. The van der Waals surface area contributed by atoms with Gasteiger partial charge in [0, 0.05) is 23.4 Å². The van der Waals surface area contributed by atoms with Gasteiger partial charge in [0.25, 0.3) is 0 Å². The van der Waals surface area contributed by atoms with Crippen LogP contribution in [0.3, 0.4) is 0 Å². The summed E-state index contributed by atoms with van der Waals surface area (Å²) in [4.78, 5) is 23.8. The molecule has 6 aromatic rings. The number of benzene rings is 3. The Morgan fingerprint density at radius 3 is 1.73 bits per heavy atom. The lowest BCUT2D eigenvalue weighted by Crippen LogP contribution is -2.37. The molecule has 3 heterocycles. The fraction of sp³-hybridized carbons (Fsp3) is 0.175. The van der Waals surface area contributed by atoms with E-state index in [1.165, 1.54) is 44.5 Å². The standard InChI is InChI=1S/C40H33N5/c1-23(2)40(24(3)4)32-19-16-26(22-31(32)30-18-17-28-25(5)27-12-6-7-13-29(27)35(28)36(30)40)37-43-38(33-14-8-10-20-41-33)45-39(44-37)34-15-9-11-21-42-34/h6-24H,5H2,1-4H3. The first-order valence-corrected chi connectivity index (χ1v) is 15.6. The number of pyridine rings is 2. The molecule has 0 atom stereocenters. The molecule has 0 saturated carbocycles. The molecule has 2 aliphatic carbocycles. The van der Waals surface area contributed by atoms with Crippen molar-refractivity contribution in [3.8, 4) is 56.7 Å². The highest BCUT2D eigenvalue weighted by Gasteiger charge is 2.50. The zero-order valence-corrected chi connectivity index (χ0v) is 25.9. The van der Waals surface area contributed by atoms with Crippen molar-refractivity contribution in [2.75, 3.05) is 0 Å². The molecule has 0 bridgehead atoms. The van der Waals surface area contributed by atoms with Crippen molar-refractivity contribution in [1.82, 2.24) is 24.9 Å². The summed E-state index contributed by atoms with van der Waals surface area (Å²) in [5.74, 6) is 2.36. The average Bonchev–Trinajstić information content (AvgIpc) is 3.55. The number of rotatable bonds is 5. The highest BCUT2D eigenvalue weighted by Crippen LogP contribution is 2.62. The van der Waals surface area contributed by atoms with Crippen LogP contribution in [0.25, 0.3) is 62.3 Å². The normalized spacial score (nSPS) is 14.0. The summed E-state index contributed by atoms with van der Waals surface area (Å²) in [7, 11) is 0. The van der Waals surface area contributed by atoms with Crippen molar-refractivity contribution in [3.05, 3.63) is 132 Å². The van der Waals surface area contributed by atoms with Crippen LogP contribution in [0.4, 0.5) is 0 Å². The minimum atomic E-state index is -0.177. The van der Waals surface area contributed by atoms with Gasteiger partial charge in [-0.05, 0) is 92.2 Å². The maximum Gasteiger partial charge on any atom is 0.182 e. The van der Waals surface area contributed by atoms with E-state index in [0.29, 0.717) is 40.7 Å². The van der Waals surface area contributed by atoms with Gasteiger partial charge in [-0.3, -0.25) is 9.97 Å². The predicted octanol–water partition coefficient (Wildman–Crippen LogP) is 9.28. The van der Waals surface area contributed by atoms with Gasteiger partial charge >= 0.3 is 0 Å². The number of hydrogen-bond acceptors (Lipinski definition) is 5. The molecule has 2 aliphatic rings. The lowest BCUT2D eigenvalue weighted by Gasteiger charge is -2.41.